The number of anilines is 1. The third kappa shape index (κ3) is 6.52. The van der Waals surface area contributed by atoms with Gasteiger partial charge in [0.05, 0.1) is 11.7 Å². The minimum atomic E-state index is -0.180. The fourth-order valence-corrected chi connectivity index (χ4v) is 4.07. The Morgan fingerprint density at radius 1 is 1.21 bits per heavy atom. The van der Waals surface area contributed by atoms with Crippen LogP contribution in [0.3, 0.4) is 0 Å². The molecule has 3 atom stereocenters. The van der Waals surface area contributed by atoms with Crippen LogP contribution >= 0.6 is 0 Å². The van der Waals surface area contributed by atoms with Crippen LogP contribution in [0, 0.1) is 5.92 Å². The molecular weight excluding hydrogens is 420 g/mol. The molecule has 1 N–H and O–H groups in total. The molecule has 0 bridgehead atoms. The van der Waals surface area contributed by atoms with Gasteiger partial charge in [-0.25, -0.2) is 0 Å². The number of pyridine rings is 1. The van der Waals surface area contributed by atoms with E-state index >= 15 is 0 Å². The lowest BCUT2D eigenvalue weighted by molar-refractivity contribution is -0.114. The summed E-state index contributed by atoms with van der Waals surface area (Å²) in [5, 5.41) is 2.76. The van der Waals surface area contributed by atoms with Gasteiger partial charge < -0.3 is 19.7 Å². The predicted molar refractivity (Wildman–Crippen MR) is 127 cm³/mol. The molecule has 0 saturated carbocycles. The summed E-state index contributed by atoms with van der Waals surface area (Å²) in [4.78, 5) is 32.9. The Morgan fingerprint density at radius 2 is 1.94 bits per heavy atom. The van der Waals surface area contributed by atoms with Gasteiger partial charge in [-0.05, 0) is 42.7 Å². The van der Waals surface area contributed by atoms with E-state index in [-0.39, 0.29) is 29.9 Å². The Balaban J connectivity index is 1.94. The molecule has 0 aliphatic carbocycles. The number of fused-ring (bicyclic) bond motifs is 1. The summed E-state index contributed by atoms with van der Waals surface area (Å²) >= 11 is 0. The summed E-state index contributed by atoms with van der Waals surface area (Å²) in [7, 11) is 3.47. The monoisotopic (exact) mass is 454 g/mol. The number of carbonyl (C=O) groups is 2. The minimum absolute atomic E-state index is 0.0719. The van der Waals surface area contributed by atoms with Crippen molar-refractivity contribution in [2.24, 2.45) is 5.92 Å². The van der Waals surface area contributed by atoms with Gasteiger partial charge in [-0.3, -0.25) is 19.5 Å². The number of hydrogen-bond donors (Lipinski definition) is 1. The number of nitrogens with zero attached hydrogens (tertiary/aromatic N) is 3. The highest BCUT2D eigenvalue weighted by atomic mass is 16.5. The maximum Gasteiger partial charge on any atom is 0.257 e. The third-order valence-electron chi connectivity index (χ3n) is 6.03. The first-order valence-corrected chi connectivity index (χ1v) is 11.2. The van der Waals surface area contributed by atoms with Crippen LogP contribution < -0.4 is 10.1 Å². The van der Waals surface area contributed by atoms with Crippen molar-refractivity contribution in [3.05, 3.63) is 53.9 Å². The van der Waals surface area contributed by atoms with Crippen LogP contribution in [0.15, 0.2) is 42.7 Å². The molecule has 1 aromatic carbocycles. The lowest BCUT2D eigenvalue weighted by Crippen LogP contribution is -2.46. The first kappa shape index (κ1) is 24.7. The largest absolute Gasteiger partial charge is 0.491 e. The van der Waals surface area contributed by atoms with Gasteiger partial charge in [0.2, 0.25) is 5.91 Å². The first-order valence-electron chi connectivity index (χ1n) is 11.2. The summed E-state index contributed by atoms with van der Waals surface area (Å²) in [6.07, 6.45) is 3.48. The molecule has 33 heavy (non-hydrogen) atoms. The second kappa shape index (κ2) is 11.2. The van der Waals surface area contributed by atoms with E-state index in [4.69, 9.17) is 9.47 Å². The lowest BCUT2D eigenvalue weighted by Gasteiger charge is -2.36. The second-order valence-corrected chi connectivity index (χ2v) is 8.77. The zero-order valence-electron chi connectivity index (χ0n) is 20.1. The van der Waals surface area contributed by atoms with Crippen molar-refractivity contribution < 1.29 is 19.1 Å². The van der Waals surface area contributed by atoms with Gasteiger partial charge in [0, 0.05) is 70.9 Å². The Morgan fingerprint density at radius 3 is 2.61 bits per heavy atom. The first-order chi connectivity index (χ1) is 15.8. The Bertz CT molecular complexity index is 953. The lowest BCUT2D eigenvalue weighted by atomic mass is 10.0. The van der Waals surface area contributed by atoms with E-state index in [1.165, 1.54) is 12.5 Å². The molecule has 2 aromatic rings. The summed E-state index contributed by atoms with van der Waals surface area (Å²) in [6.45, 7) is 8.10. The highest BCUT2D eigenvalue weighted by molar-refractivity contribution is 5.98. The molecule has 1 aromatic heterocycles. The number of rotatable bonds is 4. The van der Waals surface area contributed by atoms with E-state index in [1.807, 2.05) is 12.1 Å². The molecule has 0 radical (unpaired) electrons. The van der Waals surface area contributed by atoms with Crippen LogP contribution in [-0.4, -0.2) is 72.6 Å². The van der Waals surface area contributed by atoms with E-state index in [0.717, 1.165) is 13.1 Å². The number of methoxy groups -OCH3 is 1. The number of carbonyl (C=O) groups excluding carboxylic acids is 2. The molecule has 2 heterocycles. The molecule has 0 saturated heterocycles. The molecule has 1 aliphatic rings. The van der Waals surface area contributed by atoms with Crippen molar-refractivity contribution >= 4 is 17.5 Å². The number of nitrogens with one attached hydrogen (secondary N) is 1. The standard InChI is InChI=1S/C25H34N4O4/c1-17-13-29(14-20-8-10-26-11-9-20)18(2)16-33-23-12-21(27-19(3)30)6-7-22(23)25(31)28(4)15-24(17)32-5/h6-12,17-18,24H,13-16H2,1-5H3,(H,27,30)/t17-,18+,24-/m0/s1. The van der Waals surface area contributed by atoms with Crippen molar-refractivity contribution in [1.29, 1.82) is 0 Å². The van der Waals surface area contributed by atoms with Crippen molar-refractivity contribution in [2.75, 3.05) is 39.2 Å². The number of benzene rings is 1. The number of likely N-dealkylation sites (N-methyl/N-ethyl adjacent to an activating group) is 1. The number of ether oxygens (including phenoxy) is 2. The van der Waals surface area contributed by atoms with E-state index < -0.39 is 0 Å². The molecule has 8 heteroatoms. The fraction of sp³-hybridized carbons (Fsp3) is 0.480. The number of hydrogen-bond acceptors (Lipinski definition) is 6. The quantitative estimate of drug-likeness (QED) is 0.765. The maximum absolute atomic E-state index is 13.2. The normalized spacial score (nSPS) is 22.5. The van der Waals surface area contributed by atoms with Gasteiger partial charge in [-0.1, -0.05) is 6.92 Å². The highest BCUT2D eigenvalue weighted by Crippen LogP contribution is 2.27. The van der Waals surface area contributed by atoms with Crippen LogP contribution in [0.2, 0.25) is 0 Å². The van der Waals surface area contributed by atoms with Gasteiger partial charge in [0.1, 0.15) is 12.4 Å². The minimum Gasteiger partial charge on any atom is -0.491 e. The molecule has 0 unspecified atom stereocenters. The van der Waals surface area contributed by atoms with E-state index in [1.54, 1.807) is 49.7 Å². The van der Waals surface area contributed by atoms with Crippen molar-refractivity contribution in [3.8, 4) is 5.75 Å². The molecule has 1 aliphatic heterocycles. The molecular formula is C25H34N4O4. The molecule has 2 amide bonds. The Hall–Kier alpha value is -2.97. The molecule has 178 valence electrons. The summed E-state index contributed by atoms with van der Waals surface area (Å²) < 4.78 is 12.0. The van der Waals surface area contributed by atoms with Gasteiger partial charge >= 0.3 is 0 Å². The van der Waals surface area contributed by atoms with Crippen LogP contribution in [0.25, 0.3) is 0 Å². The van der Waals surface area contributed by atoms with E-state index in [9.17, 15) is 9.59 Å². The zero-order chi connectivity index (χ0) is 24.0. The van der Waals surface area contributed by atoms with Gasteiger partial charge in [-0.2, -0.15) is 0 Å². The van der Waals surface area contributed by atoms with Gasteiger partial charge in [0.15, 0.2) is 0 Å². The molecule has 0 fully saturated rings. The number of amides is 2. The van der Waals surface area contributed by atoms with Crippen molar-refractivity contribution in [3.63, 3.8) is 0 Å². The van der Waals surface area contributed by atoms with E-state index in [2.05, 4.69) is 29.0 Å². The molecule has 8 nitrogen and oxygen atoms in total. The van der Waals surface area contributed by atoms with Crippen LogP contribution in [0.5, 0.6) is 5.75 Å². The van der Waals surface area contributed by atoms with Crippen LogP contribution in [0.1, 0.15) is 36.7 Å². The highest BCUT2D eigenvalue weighted by Gasteiger charge is 2.28. The summed E-state index contributed by atoms with van der Waals surface area (Å²) in [5.74, 6) is 0.322. The predicted octanol–water partition coefficient (Wildman–Crippen LogP) is 3.05. The summed E-state index contributed by atoms with van der Waals surface area (Å²) in [6, 6.07) is 9.24. The van der Waals surface area contributed by atoms with Gasteiger partial charge in [0.25, 0.3) is 5.91 Å². The average molecular weight is 455 g/mol. The summed E-state index contributed by atoms with van der Waals surface area (Å²) in [5.41, 5.74) is 2.22. The average Bonchev–Trinajstić information content (AvgIpc) is 2.79. The molecule has 0 spiro atoms. The van der Waals surface area contributed by atoms with Crippen molar-refractivity contribution in [2.45, 2.75) is 39.5 Å². The fourth-order valence-electron chi connectivity index (χ4n) is 4.07. The van der Waals surface area contributed by atoms with Crippen molar-refractivity contribution in [1.82, 2.24) is 14.8 Å². The Kier molecular flexibility index (Phi) is 8.41. The van der Waals surface area contributed by atoms with Crippen LogP contribution in [-0.2, 0) is 16.1 Å². The van der Waals surface area contributed by atoms with Crippen LogP contribution in [0.4, 0.5) is 5.69 Å². The maximum atomic E-state index is 13.2. The third-order valence-corrected chi connectivity index (χ3v) is 6.03. The number of aromatic nitrogens is 1. The SMILES string of the molecule is CO[C@H]1CN(C)C(=O)c2ccc(NC(C)=O)cc2OC[C@@H](C)N(Cc2ccncc2)C[C@@H]1C. The van der Waals surface area contributed by atoms with E-state index in [0.29, 0.717) is 30.2 Å². The molecule has 3 rings (SSSR count). The van der Waals surface area contributed by atoms with Gasteiger partial charge in [-0.15, -0.1) is 0 Å². The smallest absolute Gasteiger partial charge is 0.257 e. The topological polar surface area (TPSA) is 84.0 Å². The second-order valence-electron chi connectivity index (χ2n) is 8.77. The Labute approximate surface area is 195 Å². The zero-order valence-corrected chi connectivity index (χ0v) is 20.1.